The van der Waals surface area contributed by atoms with E-state index in [1.165, 1.54) is 11.3 Å². The van der Waals surface area contributed by atoms with E-state index in [2.05, 4.69) is 11.6 Å². The monoisotopic (exact) mass is 429 g/mol. The van der Waals surface area contributed by atoms with Crippen LogP contribution in [0.5, 0.6) is 0 Å². The number of thiophene rings is 1. The van der Waals surface area contributed by atoms with Crippen LogP contribution in [0.3, 0.4) is 0 Å². The number of aryl methyl sites for hydroxylation is 1. The molecule has 0 saturated heterocycles. The molecule has 29 heavy (non-hydrogen) atoms. The van der Waals surface area contributed by atoms with Crippen LogP contribution in [-0.2, 0) is 21.2 Å². The topological polar surface area (TPSA) is 72.5 Å². The van der Waals surface area contributed by atoms with Crippen molar-refractivity contribution in [3.63, 3.8) is 0 Å². The lowest BCUT2D eigenvalue weighted by Gasteiger charge is -2.19. The molecule has 0 radical (unpaired) electrons. The Hall–Kier alpha value is -2.38. The normalized spacial score (nSPS) is 16.4. The molecule has 1 aliphatic rings. The van der Waals surface area contributed by atoms with Gasteiger partial charge >= 0.3 is 5.97 Å². The molecule has 0 saturated carbocycles. The molecule has 0 aliphatic heterocycles. The Balaban J connectivity index is 1.77. The van der Waals surface area contributed by atoms with Gasteiger partial charge in [0.05, 0.1) is 17.1 Å². The average molecular weight is 430 g/mol. The number of hydrogen-bond acceptors (Lipinski definition) is 5. The Morgan fingerprint density at radius 3 is 2.72 bits per heavy atom. The Labute approximate surface area is 174 Å². The van der Waals surface area contributed by atoms with Crippen LogP contribution >= 0.6 is 11.3 Å². The highest BCUT2D eigenvalue weighted by Crippen LogP contribution is 2.44. The summed E-state index contributed by atoms with van der Waals surface area (Å²) in [6, 6.07) is 12.6. The molecule has 1 aliphatic carbocycles. The van der Waals surface area contributed by atoms with E-state index < -0.39 is 16.0 Å². The van der Waals surface area contributed by atoms with Crippen molar-refractivity contribution in [1.29, 1.82) is 0 Å². The van der Waals surface area contributed by atoms with Crippen molar-refractivity contribution in [2.45, 2.75) is 43.9 Å². The molecule has 152 valence electrons. The third kappa shape index (κ3) is 3.76. The zero-order valence-electron chi connectivity index (χ0n) is 16.4. The third-order valence-corrected chi connectivity index (χ3v) is 7.95. The molecular formula is C22H23NO4S2. The summed E-state index contributed by atoms with van der Waals surface area (Å²) in [5.41, 5.74) is 1.32. The first-order chi connectivity index (χ1) is 13.9. The van der Waals surface area contributed by atoms with Gasteiger partial charge < -0.3 is 4.74 Å². The fourth-order valence-electron chi connectivity index (χ4n) is 3.90. The highest BCUT2D eigenvalue weighted by Gasteiger charge is 2.32. The number of carbonyl (C=O) groups is 1. The number of benzene rings is 2. The van der Waals surface area contributed by atoms with Gasteiger partial charge in [-0.1, -0.05) is 37.3 Å². The first-order valence-corrected chi connectivity index (χ1v) is 12.0. The van der Waals surface area contributed by atoms with E-state index in [0.29, 0.717) is 10.6 Å². The molecule has 2 aromatic carbocycles. The van der Waals surface area contributed by atoms with Gasteiger partial charge in [0.15, 0.2) is 0 Å². The summed E-state index contributed by atoms with van der Waals surface area (Å²) in [4.78, 5) is 13.9. The van der Waals surface area contributed by atoms with E-state index in [1.807, 2.05) is 24.3 Å². The number of nitrogens with one attached hydrogen (secondary N) is 1. The molecule has 5 nitrogen and oxygen atoms in total. The van der Waals surface area contributed by atoms with Gasteiger partial charge in [0, 0.05) is 4.88 Å². The first-order valence-electron chi connectivity index (χ1n) is 9.75. The number of ether oxygens (including phenoxy) is 1. The second-order valence-electron chi connectivity index (χ2n) is 7.27. The van der Waals surface area contributed by atoms with Crippen molar-refractivity contribution in [2.75, 3.05) is 11.3 Å². The average Bonchev–Trinajstić information content (AvgIpc) is 3.06. The Bertz CT molecular complexity index is 1180. The van der Waals surface area contributed by atoms with Crippen molar-refractivity contribution < 1.29 is 17.9 Å². The molecule has 0 spiro atoms. The number of hydrogen-bond donors (Lipinski definition) is 1. The summed E-state index contributed by atoms with van der Waals surface area (Å²) in [7, 11) is -3.84. The molecular weight excluding hydrogens is 406 g/mol. The largest absolute Gasteiger partial charge is 0.462 e. The molecule has 3 aromatic rings. The molecule has 1 N–H and O–H groups in total. The second-order valence-corrected chi connectivity index (χ2v) is 10.1. The Morgan fingerprint density at radius 2 is 1.97 bits per heavy atom. The van der Waals surface area contributed by atoms with Crippen LogP contribution < -0.4 is 4.72 Å². The summed E-state index contributed by atoms with van der Waals surface area (Å²) in [6.45, 7) is 4.07. The minimum atomic E-state index is -3.84. The number of fused-ring (bicyclic) bond motifs is 2. The van der Waals surface area contributed by atoms with Crippen LogP contribution in [0.1, 0.15) is 53.4 Å². The SMILES string of the molecule is CCOC(=O)c1c(NS(=O)(=O)c2ccc3ccccc3c2)sc2c1C(C)CCC2. The Kier molecular flexibility index (Phi) is 5.36. The predicted molar refractivity (Wildman–Crippen MR) is 116 cm³/mol. The smallest absolute Gasteiger partial charge is 0.341 e. The number of anilines is 1. The first kappa shape index (κ1) is 19.9. The maximum atomic E-state index is 13.1. The fraction of sp³-hybridized carbons (Fsp3) is 0.318. The van der Waals surface area contributed by atoms with Gasteiger partial charge in [0.2, 0.25) is 0 Å². The van der Waals surface area contributed by atoms with Crippen LogP contribution in [0.15, 0.2) is 47.4 Å². The Morgan fingerprint density at radius 1 is 1.21 bits per heavy atom. The minimum Gasteiger partial charge on any atom is -0.462 e. The van der Waals surface area contributed by atoms with Crippen LogP contribution in [-0.4, -0.2) is 21.0 Å². The van der Waals surface area contributed by atoms with Gasteiger partial charge in [0.25, 0.3) is 10.0 Å². The number of rotatable bonds is 5. The van der Waals surface area contributed by atoms with E-state index in [9.17, 15) is 13.2 Å². The summed E-state index contributed by atoms with van der Waals surface area (Å²) in [5.74, 6) is -0.261. The predicted octanol–water partition coefficient (Wildman–Crippen LogP) is 5.32. The summed E-state index contributed by atoms with van der Waals surface area (Å²) < 4.78 is 34.2. The van der Waals surface area contributed by atoms with Crippen LogP contribution in [0.25, 0.3) is 10.8 Å². The summed E-state index contributed by atoms with van der Waals surface area (Å²) in [6.07, 6.45) is 2.87. The van der Waals surface area contributed by atoms with Crippen LogP contribution in [0.4, 0.5) is 5.00 Å². The van der Waals surface area contributed by atoms with Crippen molar-refractivity contribution >= 4 is 43.1 Å². The molecule has 1 unspecified atom stereocenters. The van der Waals surface area contributed by atoms with Crippen molar-refractivity contribution in [2.24, 2.45) is 0 Å². The minimum absolute atomic E-state index is 0.172. The van der Waals surface area contributed by atoms with Crippen molar-refractivity contribution in [3.8, 4) is 0 Å². The van der Waals surface area contributed by atoms with Gasteiger partial charge in [0.1, 0.15) is 5.00 Å². The molecule has 0 bridgehead atoms. The van der Waals surface area contributed by atoms with Gasteiger partial charge in [-0.25, -0.2) is 13.2 Å². The zero-order chi connectivity index (χ0) is 20.6. The molecule has 7 heteroatoms. The number of sulfonamides is 1. The maximum absolute atomic E-state index is 13.1. The lowest BCUT2D eigenvalue weighted by Crippen LogP contribution is -2.17. The molecule has 4 rings (SSSR count). The molecule has 1 aromatic heterocycles. The van der Waals surface area contributed by atoms with E-state index in [0.717, 1.165) is 40.5 Å². The molecule has 0 fully saturated rings. The lowest BCUT2D eigenvalue weighted by molar-refractivity contribution is 0.0526. The number of carbonyl (C=O) groups excluding carboxylic acids is 1. The van der Waals surface area contributed by atoms with Gasteiger partial charge in [-0.15, -0.1) is 11.3 Å². The van der Waals surface area contributed by atoms with Gasteiger partial charge in [-0.05, 0) is 60.6 Å². The van der Waals surface area contributed by atoms with E-state index in [1.54, 1.807) is 25.1 Å². The van der Waals surface area contributed by atoms with E-state index in [4.69, 9.17) is 4.74 Å². The van der Waals surface area contributed by atoms with E-state index in [-0.39, 0.29) is 17.4 Å². The van der Waals surface area contributed by atoms with Gasteiger partial charge in [-0.3, -0.25) is 4.72 Å². The summed E-state index contributed by atoms with van der Waals surface area (Å²) >= 11 is 1.35. The fourth-order valence-corrected chi connectivity index (χ4v) is 6.59. The highest BCUT2D eigenvalue weighted by atomic mass is 32.2. The van der Waals surface area contributed by atoms with Gasteiger partial charge in [-0.2, -0.15) is 0 Å². The quantitative estimate of drug-likeness (QED) is 0.557. The summed E-state index contributed by atoms with van der Waals surface area (Å²) in [5, 5.41) is 2.18. The maximum Gasteiger partial charge on any atom is 0.341 e. The molecule has 1 atom stereocenters. The highest BCUT2D eigenvalue weighted by molar-refractivity contribution is 7.93. The zero-order valence-corrected chi connectivity index (χ0v) is 18.0. The third-order valence-electron chi connectivity index (χ3n) is 5.29. The van der Waals surface area contributed by atoms with Crippen LogP contribution in [0.2, 0.25) is 0 Å². The lowest BCUT2D eigenvalue weighted by atomic mass is 9.86. The second kappa shape index (κ2) is 7.80. The van der Waals surface area contributed by atoms with E-state index >= 15 is 0 Å². The standard InChI is InChI=1S/C22H23NO4S2/c1-3-27-22(24)20-19-14(2)7-6-10-18(19)28-21(20)23-29(25,26)17-12-11-15-8-4-5-9-16(15)13-17/h4-5,8-9,11-14,23H,3,6-7,10H2,1-2H3. The van der Waals surface area contributed by atoms with Crippen molar-refractivity contribution in [1.82, 2.24) is 0 Å². The number of esters is 1. The van der Waals surface area contributed by atoms with Crippen LogP contribution in [0, 0.1) is 0 Å². The molecule has 1 heterocycles. The van der Waals surface area contributed by atoms with Crippen molar-refractivity contribution in [3.05, 3.63) is 58.5 Å². The molecule has 0 amide bonds.